The Bertz CT molecular complexity index is 3100. The van der Waals surface area contributed by atoms with E-state index in [-0.39, 0.29) is 55.2 Å². The third-order valence-corrected chi connectivity index (χ3v) is 16.8. The maximum Gasteiger partial charge on any atom is 0.318 e. The number of piperidine rings is 1. The molecule has 0 spiro atoms. The van der Waals surface area contributed by atoms with Gasteiger partial charge in [0.25, 0.3) is 0 Å². The fourth-order valence-corrected chi connectivity index (χ4v) is 12.5. The monoisotopic (exact) mass is 1100 g/mol. The van der Waals surface area contributed by atoms with E-state index in [4.69, 9.17) is 28.7 Å². The van der Waals surface area contributed by atoms with Crippen LogP contribution in [0.15, 0.2) is 83.4 Å². The Morgan fingerprint density at radius 2 is 1.76 bits per heavy atom. The molecule has 0 bridgehead atoms. The number of thiazole rings is 1. The van der Waals surface area contributed by atoms with E-state index in [1.807, 2.05) is 86.6 Å². The smallest absolute Gasteiger partial charge is 0.318 e. The molecule has 6 aromatic rings. The van der Waals surface area contributed by atoms with Crippen molar-refractivity contribution < 1.29 is 43.6 Å². The summed E-state index contributed by atoms with van der Waals surface area (Å²) >= 11 is 1.56. The molecule has 79 heavy (non-hydrogen) atoms. The molecular weight excluding hydrogens is 1020 g/mol. The number of phenolic OH excluding ortho intramolecular Hbond substituents is 1. The maximum atomic E-state index is 13.9. The summed E-state index contributed by atoms with van der Waals surface area (Å²) in [4.78, 5) is 52.5. The number of aromatic hydroxyl groups is 1. The van der Waals surface area contributed by atoms with Crippen LogP contribution in [0, 0.1) is 19.8 Å². The number of aromatic nitrogens is 4. The van der Waals surface area contributed by atoms with Crippen molar-refractivity contribution in [3.63, 3.8) is 0 Å². The van der Waals surface area contributed by atoms with Gasteiger partial charge in [0.15, 0.2) is 0 Å². The molecule has 7 heterocycles. The molecule has 0 radical (unpaired) electrons. The first kappa shape index (κ1) is 55.6. The fraction of sp³-hybridized carbons (Fsp3) is 0.492. The lowest BCUT2D eigenvalue weighted by Gasteiger charge is -2.38. The first-order chi connectivity index (χ1) is 38.2. The van der Waals surface area contributed by atoms with Crippen molar-refractivity contribution >= 4 is 45.4 Å². The molecular formula is C59H74N10O9S. The van der Waals surface area contributed by atoms with Crippen LogP contribution in [0.25, 0.3) is 21.2 Å². The maximum absolute atomic E-state index is 13.9. The summed E-state index contributed by atoms with van der Waals surface area (Å²) in [6, 6.07) is 19.1. The fourth-order valence-electron chi connectivity index (χ4n) is 11.7. The van der Waals surface area contributed by atoms with Crippen LogP contribution in [0.5, 0.6) is 17.5 Å². The molecule has 0 saturated carbocycles. The lowest BCUT2D eigenvalue weighted by Crippen LogP contribution is -2.50. The predicted molar refractivity (Wildman–Crippen MR) is 302 cm³/mol. The normalized spacial score (nSPS) is 19.6. The van der Waals surface area contributed by atoms with Crippen molar-refractivity contribution in [1.82, 2.24) is 40.1 Å². The number of aliphatic hydroxyl groups is 2. The molecule has 420 valence electrons. The third-order valence-electron chi connectivity index (χ3n) is 15.8. The van der Waals surface area contributed by atoms with Gasteiger partial charge in [-0.3, -0.25) is 19.4 Å². The molecule has 4 aliphatic heterocycles. The average Bonchev–Trinajstić information content (AvgIpc) is 4.24. The van der Waals surface area contributed by atoms with Crippen LogP contribution in [-0.4, -0.2) is 165 Å². The van der Waals surface area contributed by atoms with Crippen LogP contribution in [0.2, 0.25) is 0 Å². The second kappa shape index (κ2) is 24.8. The predicted octanol–water partition coefficient (Wildman–Crippen LogP) is 6.60. The number of amides is 2. The van der Waals surface area contributed by atoms with Gasteiger partial charge < -0.3 is 54.1 Å². The summed E-state index contributed by atoms with van der Waals surface area (Å²) < 4.78 is 25.0. The Morgan fingerprint density at radius 3 is 2.49 bits per heavy atom. The van der Waals surface area contributed by atoms with Crippen LogP contribution >= 0.6 is 11.3 Å². The summed E-state index contributed by atoms with van der Waals surface area (Å²) in [7, 11) is 0. The van der Waals surface area contributed by atoms with E-state index < -0.39 is 24.3 Å². The summed E-state index contributed by atoms with van der Waals surface area (Å²) in [5.74, 6) is 1.40. The minimum absolute atomic E-state index is 0.0272. The highest BCUT2D eigenvalue weighted by Crippen LogP contribution is 2.38. The molecule has 3 saturated heterocycles. The van der Waals surface area contributed by atoms with E-state index in [0.29, 0.717) is 82.1 Å². The molecule has 4 N–H and O–H groups in total. The van der Waals surface area contributed by atoms with Crippen LogP contribution in [0.1, 0.15) is 79.9 Å². The van der Waals surface area contributed by atoms with Gasteiger partial charge in [-0.1, -0.05) is 62.0 Å². The van der Waals surface area contributed by atoms with Crippen molar-refractivity contribution in [2.24, 2.45) is 5.92 Å². The number of anilines is 2. The number of phenols is 1. The van der Waals surface area contributed by atoms with Crippen LogP contribution < -0.4 is 24.6 Å². The zero-order valence-electron chi connectivity index (χ0n) is 45.9. The van der Waals surface area contributed by atoms with Gasteiger partial charge in [0, 0.05) is 99.8 Å². The van der Waals surface area contributed by atoms with E-state index in [2.05, 4.69) is 49.7 Å². The lowest BCUT2D eigenvalue weighted by molar-refractivity contribution is -0.131. The molecule has 19 nitrogen and oxygen atoms in total. The average molecular weight is 1100 g/mol. The number of aryl methyl sites for hydroxylation is 2. The summed E-state index contributed by atoms with van der Waals surface area (Å²) in [6.07, 6.45) is 1.97. The number of nitrogens with zero attached hydrogens (tertiary/aromatic N) is 9. The molecule has 3 aromatic carbocycles. The minimum atomic E-state index is -1.08. The van der Waals surface area contributed by atoms with Gasteiger partial charge in [0.2, 0.25) is 11.8 Å². The number of aliphatic hydroxyl groups excluding tert-OH is 2. The summed E-state index contributed by atoms with van der Waals surface area (Å²) in [5, 5.41) is 42.3. The molecule has 1 unspecified atom stereocenters. The summed E-state index contributed by atoms with van der Waals surface area (Å²) in [5.41, 5.74) is 8.13. The zero-order chi connectivity index (χ0) is 55.3. The number of carbonyl (C=O) groups excluding carboxylic acids is 2. The molecule has 10 rings (SSSR count). The Kier molecular flexibility index (Phi) is 17.4. The van der Waals surface area contributed by atoms with Crippen LogP contribution in [-0.2, 0) is 33.8 Å². The largest absolute Gasteiger partial charge is 0.508 e. The van der Waals surface area contributed by atoms with Crippen molar-refractivity contribution in [2.45, 2.75) is 110 Å². The minimum Gasteiger partial charge on any atom is -0.508 e. The molecule has 2 amide bonds. The van der Waals surface area contributed by atoms with Crippen molar-refractivity contribution in [2.75, 3.05) is 81.9 Å². The molecule has 3 fully saturated rings. The molecule has 20 heteroatoms. The van der Waals surface area contributed by atoms with Gasteiger partial charge in [-0.2, -0.15) is 9.97 Å². The number of benzene rings is 3. The highest BCUT2D eigenvalue weighted by molar-refractivity contribution is 7.13. The molecule has 3 aromatic heterocycles. The standard InChI is InChI=1S/C59H74N10O9S/c1-7-53(72)66-20-22-67(23-21-66)56-47-16-19-68(49-29-43(70)27-40-10-8-9-11-46(40)49)34-48(47)62-59(63-56)77-38(5)32-65-17-14-45(15-18-65)75-24-25-76-51-28-41(55-39(6)61-35-79-55)12-13-42(51)31-60-57(73)50-30-44(71)33-69(50)58(74)54(36(2)3)52-26-37(4)64-78-52/h7-13,26-29,35-36,38,44-45,50,54,58,70-71,74H,1,14-25,30-34H2,2-6H3,(H,60,73)/t38-,44-,50+,54-,58?/m1/s1. The van der Waals surface area contributed by atoms with E-state index >= 15 is 0 Å². The lowest BCUT2D eigenvalue weighted by atomic mass is 9.90. The number of rotatable bonds is 20. The number of hydrogen-bond acceptors (Lipinski definition) is 18. The number of ether oxygens (including phenoxy) is 3. The Morgan fingerprint density at radius 1 is 0.962 bits per heavy atom. The van der Waals surface area contributed by atoms with E-state index in [9.17, 15) is 24.9 Å². The van der Waals surface area contributed by atoms with Crippen molar-refractivity contribution in [3.05, 3.63) is 113 Å². The van der Waals surface area contributed by atoms with Gasteiger partial charge in [-0.05, 0) is 81.5 Å². The number of nitrogens with one attached hydrogen (secondary N) is 1. The second-order valence-corrected chi connectivity index (χ2v) is 22.6. The number of hydrogen-bond donors (Lipinski definition) is 4. The van der Waals surface area contributed by atoms with Crippen LogP contribution in [0.3, 0.4) is 0 Å². The van der Waals surface area contributed by atoms with E-state index in [1.54, 1.807) is 22.3 Å². The Hall–Kier alpha value is -6.68. The number of fused-ring (bicyclic) bond motifs is 2. The topological polar surface area (TPSA) is 215 Å². The third kappa shape index (κ3) is 12.8. The van der Waals surface area contributed by atoms with Crippen molar-refractivity contribution in [1.29, 1.82) is 0 Å². The number of likely N-dealkylation sites (tertiary alicyclic amines) is 2. The zero-order valence-corrected chi connectivity index (χ0v) is 46.7. The Balaban J connectivity index is 0.741. The first-order valence-electron chi connectivity index (χ1n) is 27.7. The van der Waals surface area contributed by atoms with Crippen molar-refractivity contribution in [3.8, 4) is 28.0 Å². The quantitative estimate of drug-likeness (QED) is 0.0468. The molecule has 0 aliphatic carbocycles. The number of carbonyl (C=O) groups is 2. The number of β-amino-alcohol motifs (C(OH)–C–C–N with tert-alkyl or cyclic N) is 1. The molecule has 4 aliphatic rings. The second-order valence-electron chi connectivity index (χ2n) is 21.7. The highest BCUT2D eigenvalue weighted by atomic mass is 32.1. The van der Waals surface area contributed by atoms with Crippen LogP contribution in [0.4, 0.5) is 11.5 Å². The van der Waals surface area contributed by atoms with E-state index in [0.717, 1.165) is 87.7 Å². The van der Waals surface area contributed by atoms with E-state index in [1.165, 1.54) is 6.08 Å². The van der Waals surface area contributed by atoms with Gasteiger partial charge >= 0.3 is 6.01 Å². The van der Waals surface area contributed by atoms with Gasteiger partial charge in [0.05, 0.1) is 64.8 Å². The van der Waals surface area contributed by atoms with Gasteiger partial charge in [-0.15, -0.1) is 11.3 Å². The number of piperazine rings is 1. The Labute approximate surface area is 465 Å². The highest BCUT2D eigenvalue weighted by Gasteiger charge is 2.44. The summed E-state index contributed by atoms with van der Waals surface area (Å²) in [6.45, 7) is 20.5. The SMILES string of the molecule is C=CC(=O)N1CCN(c2nc(O[C@H](C)CN3CCC(OCCOc4cc(-c5scnc5C)ccc4CNC(=O)[C@@H]4C[C@@H](O)CN4C(O)[C@@H](c4cc(C)no4)C(C)C)CC3)nc3c2CCN(c2cc(O)cc4ccccc24)C3)CC1. The van der Waals surface area contributed by atoms with Gasteiger partial charge in [0.1, 0.15) is 42.0 Å². The van der Waals surface area contributed by atoms with Gasteiger partial charge in [-0.25, -0.2) is 4.98 Å². The first-order valence-corrected chi connectivity index (χ1v) is 28.6. The molecule has 5 atom stereocenters.